The van der Waals surface area contributed by atoms with Gasteiger partial charge in [-0.15, -0.1) is 22.0 Å². The van der Waals surface area contributed by atoms with Crippen molar-refractivity contribution in [3.8, 4) is 28.6 Å². The Hall–Kier alpha value is -2.89. The van der Waals surface area contributed by atoms with E-state index in [0.29, 0.717) is 47.1 Å². The number of nitriles is 1. The van der Waals surface area contributed by atoms with E-state index < -0.39 is 15.4 Å². The van der Waals surface area contributed by atoms with E-state index in [1.54, 1.807) is 30.5 Å². The van der Waals surface area contributed by atoms with E-state index >= 15 is 0 Å². The van der Waals surface area contributed by atoms with E-state index in [9.17, 15) is 13.7 Å². The first-order chi connectivity index (χ1) is 14.9. The maximum absolute atomic E-state index is 12.6. The molecule has 1 saturated heterocycles. The predicted octanol–water partition coefficient (Wildman–Crippen LogP) is -0.00852. The summed E-state index contributed by atoms with van der Waals surface area (Å²) in [5.74, 6) is 0.601. The van der Waals surface area contributed by atoms with Crippen molar-refractivity contribution in [1.29, 1.82) is 5.26 Å². The fourth-order valence-electron chi connectivity index (χ4n) is 3.39. The number of pyridine rings is 1. The number of H-pyrrole nitrogens is 1. The van der Waals surface area contributed by atoms with Gasteiger partial charge in [0, 0.05) is 42.0 Å². The summed E-state index contributed by atoms with van der Waals surface area (Å²) in [5.41, 5.74) is 6.98. The number of nitrogens with two attached hydrogens (primary N) is 2. The van der Waals surface area contributed by atoms with Crippen LogP contribution >= 0.6 is 11.8 Å². The molecule has 0 atom stereocenters. The molecule has 4 rings (SSSR count). The lowest BCUT2D eigenvalue weighted by molar-refractivity contribution is 0.348. The number of sulfonamides is 1. The standard InChI is InChI=1S/C18H19N9O2S2/c19-5-6-30-13-3-2-12(15(16(13)31(21,28)29)17-24-26-27-25-17)11-1-4-14(23-7-11)18(8-20)9-22-10-18/h1-4,7,22H,5-6,9-10,19H2,(H2,21,28,29)(H,24,25,26,27). The van der Waals surface area contributed by atoms with Crippen LogP contribution in [0.25, 0.3) is 22.5 Å². The highest BCUT2D eigenvalue weighted by Crippen LogP contribution is 2.40. The fraction of sp³-hybridized carbons (Fsp3) is 0.278. The zero-order chi connectivity index (χ0) is 22.1. The minimum absolute atomic E-state index is 0.0920. The van der Waals surface area contributed by atoms with Crippen molar-refractivity contribution in [3.05, 3.63) is 36.2 Å². The lowest BCUT2D eigenvalue weighted by Gasteiger charge is -2.35. The molecule has 1 aliphatic rings. The molecule has 13 heteroatoms. The molecule has 0 saturated carbocycles. The largest absolute Gasteiger partial charge is 0.330 e. The number of hydrogen-bond acceptors (Lipinski definition) is 10. The molecule has 160 valence electrons. The van der Waals surface area contributed by atoms with Crippen LogP contribution in [0.15, 0.2) is 40.3 Å². The van der Waals surface area contributed by atoms with Crippen LogP contribution in [0.2, 0.25) is 0 Å². The summed E-state index contributed by atoms with van der Waals surface area (Å²) in [4.78, 5) is 4.83. The van der Waals surface area contributed by atoms with Crippen molar-refractivity contribution < 1.29 is 8.42 Å². The Morgan fingerprint density at radius 3 is 2.58 bits per heavy atom. The summed E-state index contributed by atoms with van der Waals surface area (Å²) in [5, 5.41) is 32.1. The number of rotatable bonds is 7. The molecular formula is C18H19N9O2S2. The second kappa shape index (κ2) is 8.33. The molecule has 2 aromatic heterocycles. The summed E-state index contributed by atoms with van der Waals surface area (Å²) in [6.45, 7) is 1.44. The topological polar surface area (TPSA) is 189 Å². The third-order valence-electron chi connectivity index (χ3n) is 4.98. The Morgan fingerprint density at radius 2 is 2.06 bits per heavy atom. The van der Waals surface area contributed by atoms with E-state index in [2.05, 4.69) is 37.0 Å². The Kier molecular flexibility index (Phi) is 5.73. The SMILES string of the molecule is N#CC1(c2ccc(-c3ccc(SCCN)c(S(N)(=O)=O)c3-c3nn[nH]n3)cn2)CNC1. The molecule has 0 amide bonds. The number of nitrogens with one attached hydrogen (secondary N) is 2. The van der Waals surface area contributed by atoms with Gasteiger partial charge in [0.2, 0.25) is 15.8 Å². The van der Waals surface area contributed by atoms with Crippen LogP contribution in [0.1, 0.15) is 5.69 Å². The number of benzene rings is 1. The van der Waals surface area contributed by atoms with Crippen LogP contribution in [0, 0.1) is 11.3 Å². The molecule has 31 heavy (non-hydrogen) atoms. The average molecular weight is 458 g/mol. The molecule has 3 aromatic rings. The maximum atomic E-state index is 12.6. The zero-order valence-corrected chi connectivity index (χ0v) is 17.9. The lowest BCUT2D eigenvalue weighted by atomic mass is 9.79. The maximum Gasteiger partial charge on any atom is 0.239 e. The van der Waals surface area contributed by atoms with Gasteiger partial charge in [-0.1, -0.05) is 12.1 Å². The van der Waals surface area contributed by atoms with Crippen molar-refractivity contribution >= 4 is 21.8 Å². The van der Waals surface area contributed by atoms with Crippen molar-refractivity contribution in [2.45, 2.75) is 15.2 Å². The van der Waals surface area contributed by atoms with E-state index in [-0.39, 0.29) is 16.3 Å². The summed E-state index contributed by atoms with van der Waals surface area (Å²) < 4.78 is 25.2. The Morgan fingerprint density at radius 1 is 1.26 bits per heavy atom. The minimum Gasteiger partial charge on any atom is -0.330 e. The van der Waals surface area contributed by atoms with Gasteiger partial charge in [-0.2, -0.15) is 10.5 Å². The molecule has 0 aliphatic carbocycles. The van der Waals surface area contributed by atoms with Crippen LogP contribution in [0.4, 0.5) is 0 Å². The van der Waals surface area contributed by atoms with Crippen LogP contribution in [-0.2, 0) is 15.4 Å². The third-order valence-corrected chi connectivity index (χ3v) is 7.20. The monoisotopic (exact) mass is 457 g/mol. The van der Waals surface area contributed by atoms with Crippen LogP contribution in [-0.4, -0.2) is 59.4 Å². The average Bonchev–Trinajstić information content (AvgIpc) is 3.25. The molecule has 1 aliphatic heterocycles. The quantitative estimate of drug-likeness (QED) is 0.351. The first-order valence-corrected chi connectivity index (χ1v) is 11.8. The lowest BCUT2D eigenvalue weighted by Crippen LogP contribution is -2.56. The van der Waals surface area contributed by atoms with Gasteiger partial charge in [-0.3, -0.25) is 4.98 Å². The highest BCUT2D eigenvalue weighted by atomic mass is 32.2. The summed E-state index contributed by atoms with van der Waals surface area (Å²) >= 11 is 1.28. The van der Waals surface area contributed by atoms with Crippen molar-refractivity contribution in [3.63, 3.8) is 0 Å². The van der Waals surface area contributed by atoms with Gasteiger partial charge in [0.1, 0.15) is 10.3 Å². The first-order valence-electron chi connectivity index (χ1n) is 9.25. The predicted molar refractivity (Wildman–Crippen MR) is 114 cm³/mol. The number of hydrogen-bond donors (Lipinski definition) is 4. The van der Waals surface area contributed by atoms with Crippen LogP contribution in [0.5, 0.6) is 0 Å². The van der Waals surface area contributed by atoms with E-state index in [0.717, 1.165) is 0 Å². The normalized spacial score (nSPS) is 15.3. The molecule has 3 heterocycles. The van der Waals surface area contributed by atoms with Gasteiger partial charge in [-0.05, 0) is 22.9 Å². The van der Waals surface area contributed by atoms with Crippen molar-refractivity contribution in [2.75, 3.05) is 25.4 Å². The highest BCUT2D eigenvalue weighted by Gasteiger charge is 2.40. The second-order valence-electron chi connectivity index (χ2n) is 6.96. The summed E-state index contributed by atoms with van der Waals surface area (Å²) in [6.07, 6.45) is 1.60. The molecule has 0 unspecified atom stereocenters. The van der Waals surface area contributed by atoms with E-state index in [1.807, 2.05) is 0 Å². The van der Waals surface area contributed by atoms with Gasteiger partial charge in [0.15, 0.2) is 0 Å². The number of thioether (sulfide) groups is 1. The summed E-state index contributed by atoms with van der Waals surface area (Å²) in [7, 11) is -4.14. The number of primary sulfonamides is 1. The van der Waals surface area contributed by atoms with Gasteiger partial charge >= 0.3 is 0 Å². The highest BCUT2D eigenvalue weighted by molar-refractivity contribution is 8.00. The summed E-state index contributed by atoms with van der Waals surface area (Å²) in [6, 6.07) is 9.32. The van der Waals surface area contributed by atoms with Crippen molar-refractivity contribution in [1.82, 2.24) is 30.9 Å². The number of tetrazole rings is 1. The van der Waals surface area contributed by atoms with Gasteiger partial charge in [-0.25, -0.2) is 13.6 Å². The molecule has 1 fully saturated rings. The van der Waals surface area contributed by atoms with E-state index in [1.165, 1.54) is 11.8 Å². The molecule has 11 nitrogen and oxygen atoms in total. The Bertz CT molecular complexity index is 1230. The number of aromatic amines is 1. The Labute approximate surface area is 182 Å². The molecule has 0 bridgehead atoms. The van der Waals surface area contributed by atoms with Gasteiger partial charge in [0.25, 0.3) is 0 Å². The molecule has 1 aromatic carbocycles. The second-order valence-corrected chi connectivity index (χ2v) is 9.60. The van der Waals surface area contributed by atoms with Crippen LogP contribution in [0.3, 0.4) is 0 Å². The smallest absolute Gasteiger partial charge is 0.239 e. The third kappa shape index (κ3) is 3.91. The first kappa shape index (κ1) is 21.3. The van der Waals surface area contributed by atoms with Crippen molar-refractivity contribution in [2.24, 2.45) is 10.9 Å². The molecule has 0 spiro atoms. The number of nitrogens with zero attached hydrogens (tertiary/aromatic N) is 5. The minimum atomic E-state index is -4.14. The van der Waals surface area contributed by atoms with Gasteiger partial charge in [0.05, 0.1) is 17.3 Å². The molecular weight excluding hydrogens is 438 g/mol. The Balaban J connectivity index is 1.89. The van der Waals surface area contributed by atoms with Crippen LogP contribution < -0.4 is 16.2 Å². The zero-order valence-electron chi connectivity index (χ0n) is 16.2. The number of aromatic nitrogens is 5. The van der Waals surface area contributed by atoms with Gasteiger partial charge < -0.3 is 11.1 Å². The molecule has 0 radical (unpaired) electrons. The fourth-order valence-corrected chi connectivity index (χ4v) is 5.48. The molecule has 6 N–H and O–H groups in total. The van der Waals surface area contributed by atoms with E-state index in [4.69, 9.17) is 10.9 Å².